The van der Waals surface area contributed by atoms with E-state index in [2.05, 4.69) is 10.2 Å². The molecule has 134 valence electrons. The van der Waals surface area contributed by atoms with E-state index >= 15 is 0 Å². The smallest absolute Gasteiger partial charge is 0.240 e. The molecule has 3 rings (SSSR count). The summed E-state index contributed by atoms with van der Waals surface area (Å²) in [4.78, 5) is 14.7. The number of aromatic nitrogens is 3. The number of thioether (sulfide) groups is 1. The molecule has 0 saturated heterocycles. The van der Waals surface area contributed by atoms with E-state index < -0.39 is 0 Å². The lowest BCUT2D eigenvalue weighted by Crippen LogP contribution is -2.36. The highest BCUT2D eigenvalue weighted by Gasteiger charge is 2.24. The van der Waals surface area contributed by atoms with Crippen LogP contribution >= 0.6 is 11.8 Å². The fourth-order valence-corrected chi connectivity index (χ4v) is 3.63. The molecule has 1 heterocycles. The van der Waals surface area contributed by atoms with Crippen molar-refractivity contribution in [2.24, 2.45) is 7.05 Å². The van der Waals surface area contributed by atoms with Crippen LogP contribution < -0.4 is 4.90 Å². The van der Waals surface area contributed by atoms with Crippen molar-refractivity contribution in [2.45, 2.75) is 24.3 Å². The molecule has 0 unspecified atom stereocenters. The second-order valence-electron chi connectivity index (χ2n) is 5.91. The van der Waals surface area contributed by atoms with E-state index in [-0.39, 0.29) is 11.2 Å². The highest BCUT2D eigenvalue weighted by molar-refractivity contribution is 8.00. The lowest BCUT2D eigenvalue weighted by atomic mass is 10.2. The van der Waals surface area contributed by atoms with Crippen molar-refractivity contribution in [1.29, 1.82) is 0 Å². The molecular formula is C20H22N4OS. The minimum atomic E-state index is -0.262. The molecule has 0 spiro atoms. The Hall–Kier alpha value is -2.60. The van der Waals surface area contributed by atoms with E-state index in [1.54, 1.807) is 4.90 Å². The number of nitrogens with zero attached hydrogens (tertiary/aromatic N) is 4. The highest BCUT2D eigenvalue weighted by Crippen LogP contribution is 2.27. The van der Waals surface area contributed by atoms with Gasteiger partial charge in [-0.2, -0.15) is 0 Å². The topological polar surface area (TPSA) is 51.0 Å². The van der Waals surface area contributed by atoms with Crippen molar-refractivity contribution < 1.29 is 4.79 Å². The molecule has 26 heavy (non-hydrogen) atoms. The monoisotopic (exact) mass is 366 g/mol. The van der Waals surface area contributed by atoms with Crippen LogP contribution in [0.5, 0.6) is 0 Å². The Labute approximate surface area is 158 Å². The van der Waals surface area contributed by atoms with Crippen LogP contribution in [0.2, 0.25) is 0 Å². The number of carbonyl (C=O) groups excluding carboxylic acids is 1. The Morgan fingerprint density at radius 1 is 1.08 bits per heavy atom. The summed E-state index contributed by atoms with van der Waals surface area (Å²) in [5.41, 5.74) is 1.92. The number of benzene rings is 2. The van der Waals surface area contributed by atoms with Crippen LogP contribution in [0.15, 0.2) is 65.8 Å². The van der Waals surface area contributed by atoms with Gasteiger partial charge in [-0.25, -0.2) is 0 Å². The Kier molecular flexibility index (Phi) is 5.73. The molecule has 0 aliphatic heterocycles. The van der Waals surface area contributed by atoms with Gasteiger partial charge in [-0.1, -0.05) is 60.3 Å². The van der Waals surface area contributed by atoms with Crippen LogP contribution in [0, 0.1) is 0 Å². The average molecular weight is 366 g/mol. The SMILES string of the molecule is CCN(C(=O)[C@@H](C)Sc1nnc(-c2ccccc2)n1C)c1ccccc1. The number of rotatable bonds is 6. The predicted molar refractivity (Wildman–Crippen MR) is 106 cm³/mol. The van der Waals surface area contributed by atoms with Gasteiger partial charge in [-0.05, 0) is 26.0 Å². The summed E-state index contributed by atoms with van der Waals surface area (Å²) in [5.74, 6) is 0.858. The van der Waals surface area contributed by atoms with Gasteiger partial charge in [0, 0.05) is 24.8 Å². The maximum atomic E-state index is 12.9. The van der Waals surface area contributed by atoms with Gasteiger partial charge < -0.3 is 9.47 Å². The van der Waals surface area contributed by atoms with Gasteiger partial charge in [0.2, 0.25) is 5.91 Å². The van der Waals surface area contributed by atoms with Crippen LogP contribution in [-0.2, 0) is 11.8 Å². The van der Waals surface area contributed by atoms with Crippen molar-refractivity contribution in [3.05, 3.63) is 60.7 Å². The summed E-state index contributed by atoms with van der Waals surface area (Å²) >= 11 is 1.43. The van der Waals surface area contributed by atoms with Gasteiger partial charge in [-0.15, -0.1) is 10.2 Å². The third-order valence-corrected chi connectivity index (χ3v) is 5.27. The zero-order valence-corrected chi connectivity index (χ0v) is 16.0. The van der Waals surface area contributed by atoms with E-state index in [1.807, 2.05) is 86.1 Å². The summed E-state index contributed by atoms with van der Waals surface area (Å²) in [6, 6.07) is 19.7. The molecule has 3 aromatic rings. The maximum Gasteiger partial charge on any atom is 0.240 e. The molecule has 0 aliphatic carbocycles. The number of amides is 1. The third-order valence-electron chi connectivity index (χ3n) is 4.15. The largest absolute Gasteiger partial charge is 0.312 e. The highest BCUT2D eigenvalue weighted by atomic mass is 32.2. The molecule has 0 radical (unpaired) electrons. The number of hydrogen-bond donors (Lipinski definition) is 0. The van der Waals surface area contributed by atoms with Crippen LogP contribution in [0.25, 0.3) is 11.4 Å². The van der Waals surface area contributed by atoms with Gasteiger partial charge >= 0.3 is 0 Å². The second kappa shape index (κ2) is 8.19. The summed E-state index contributed by atoms with van der Waals surface area (Å²) in [6.07, 6.45) is 0. The Bertz CT molecular complexity index is 864. The molecule has 1 amide bonds. The fourth-order valence-electron chi connectivity index (χ4n) is 2.76. The van der Waals surface area contributed by atoms with E-state index in [1.165, 1.54) is 11.8 Å². The van der Waals surface area contributed by atoms with Crippen LogP contribution in [0.3, 0.4) is 0 Å². The summed E-state index contributed by atoms with van der Waals surface area (Å²) in [7, 11) is 1.93. The summed E-state index contributed by atoms with van der Waals surface area (Å²) in [5, 5.41) is 9.03. The van der Waals surface area contributed by atoms with Crippen LogP contribution in [-0.4, -0.2) is 32.5 Å². The van der Waals surface area contributed by atoms with E-state index in [4.69, 9.17) is 0 Å². The molecule has 6 heteroatoms. The second-order valence-corrected chi connectivity index (χ2v) is 7.22. The minimum Gasteiger partial charge on any atom is -0.312 e. The average Bonchev–Trinajstić information content (AvgIpc) is 3.04. The zero-order chi connectivity index (χ0) is 18.5. The quantitative estimate of drug-likeness (QED) is 0.619. The lowest BCUT2D eigenvalue weighted by Gasteiger charge is -2.24. The molecule has 2 aromatic carbocycles. The summed E-state index contributed by atoms with van der Waals surface area (Å²) in [6.45, 7) is 4.52. The molecule has 0 fully saturated rings. The molecule has 0 saturated carbocycles. The number of para-hydroxylation sites is 1. The van der Waals surface area contributed by atoms with Crippen molar-refractivity contribution in [3.63, 3.8) is 0 Å². The molecular weight excluding hydrogens is 344 g/mol. The van der Waals surface area contributed by atoms with Crippen LogP contribution in [0.1, 0.15) is 13.8 Å². The van der Waals surface area contributed by atoms with E-state index in [9.17, 15) is 4.79 Å². The van der Waals surface area contributed by atoms with Gasteiger partial charge in [0.15, 0.2) is 11.0 Å². The minimum absolute atomic E-state index is 0.0629. The lowest BCUT2D eigenvalue weighted by molar-refractivity contribution is -0.117. The van der Waals surface area contributed by atoms with Crippen molar-refractivity contribution in [2.75, 3.05) is 11.4 Å². The third kappa shape index (κ3) is 3.80. The van der Waals surface area contributed by atoms with Crippen molar-refractivity contribution >= 4 is 23.4 Å². The predicted octanol–water partition coefficient (Wildman–Crippen LogP) is 4.02. The van der Waals surface area contributed by atoms with Crippen LogP contribution in [0.4, 0.5) is 5.69 Å². The summed E-state index contributed by atoms with van der Waals surface area (Å²) < 4.78 is 1.93. The first kappa shape index (κ1) is 18.2. The Balaban J connectivity index is 1.76. The number of carbonyl (C=O) groups is 1. The molecule has 1 aromatic heterocycles. The van der Waals surface area contributed by atoms with Crippen molar-refractivity contribution in [1.82, 2.24) is 14.8 Å². The van der Waals surface area contributed by atoms with Crippen molar-refractivity contribution in [3.8, 4) is 11.4 Å². The normalized spacial score (nSPS) is 12.0. The molecule has 0 N–H and O–H groups in total. The number of anilines is 1. The van der Waals surface area contributed by atoms with E-state index in [0.29, 0.717) is 6.54 Å². The van der Waals surface area contributed by atoms with Gasteiger partial charge in [-0.3, -0.25) is 4.79 Å². The Morgan fingerprint density at radius 2 is 1.69 bits per heavy atom. The zero-order valence-electron chi connectivity index (χ0n) is 15.2. The fraction of sp³-hybridized carbons (Fsp3) is 0.250. The first-order chi connectivity index (χ1) is 12.6. The molecule has 5 nitrogen and oxygen atoms in total. The first-order valence-electron chi connectivity index (χ1n) is 8.59. The standard InChI is InChI=1S/C20H22N4OS/c1-4-24(17-13-9-6-10-14-17)19(25)15(2)26-20-22-21-18(23(20)3)16-11-7-5-8-12-16/h5-15H,4H2,1-3H3/t15-/m1/s1. The van der Waals surface area contributed by atoms with Gasteiger partial charge in [0.1, 0.15) is 0 Å². The van der Waals surface area contributed by atoms with Gasteiger partial charge in [0.05, 0.1) is 5.25 Å². The Morgan fingerprint density at radius 3 is 2.31 bits per heavy atom. The number of hydrogen-bond acceptors (Lipinski definition) is 4. The maximum absolute atomic E-state index is 12.9. The van der Waals surface area contributed by atoms with Gasteiger partial charge in [0.25, 0.3) is 0 Å². The molecule has 1 atom stereocenters. The first-order valence-corrected chi connectivity index (χ1v) is 9.47. The molecule has 0 bridgehead atoms. The van der Waals surface area contributed by atoms with E-state index in [0.717, 1.165) is 22.2 Å². The molecule has 0 aliphatic rings.